The van der Waals surface area contributed by atoms with Gasteiger partial charge in [0.15, 0.2) is 5.82 Å². The van der Waals surface area contributed by atoms with Crippen molar-refractivity contribution >= 4 is 11.8 Å². The number of nitrogen functional groups attached to an aromatic ring is 1. The Labute approximate surface area is 110 Å². The molecular formula is C11H16N6S. The highest BCUT2D eigenvalue weighted by atomic mass is 32.2. The molecule has 0 fully saturated rings. The zero-order valence-corrected chi connectivity index (χ0v) is 11.7. The minimum absolute atomic E-state index is 0.137. The average Bonchev–Trinajstić information content (AvgIpc) is 2.60. The second-order valence-corrected chi connectivity index (χ2v) is 6.01. The summed E-state index contributed by atoms with van der Waals surface area (Å²) in [5.41, 5.74) is 0.772. The molecule has 0 saturated carbocycles. The molecule has 0 amide bonds. The summed E-state index contributed by atoms with van der Waals surface area (Å²) in [5.74, 6) is 6.75. The van der Waals surface area contributed by atoms with E-state index in [9.17, 15) is 0 Å². The van der Waals surface area contributed by atoms with Gasteiger partial charge in [0.1, 0.15) is 11.4 Å². The maximum absolute atomic E-state index is 6.00. The Balaban J connectivity index is 2.28. The second kappa shape index (κ2) is 4.56. The first kappa shape index (κ1) is 12.8. The van der Waals surface area contributed by atoms with Gasteiger partial charge in [-0.15, -0.1) is 10.2 Å². The summed E-state index contributed by atoms with van der Waals surface area (Å²) in [6.45, 7) is 8.05. The van der Waals surface area contributed by atoms with Gasteiger partial charge in [-0.05, 0) is 24.8 Å². The lowest BCUT2D eigenvalue weighted by molar-refractivity contribution is 0.523. The van der Waals surface area contributed by atoms with Crippen LogP contribution >= 0.6 is 11.8 Å². The molecule has 0 radical (unpaired) electrons. The third-order valence-electron chi connectivity index (χ3n) is 2.31. The number of aromatic nitrogens is 5. The van der Waals surface area contributed by atoms with E-state index in [0.29, 0.717) is 5.16 Å². The summed E-state index contributed by atoms with van der Waals surface area (Å²) >= 11 is 1.38. The largest absolute Gasteiger partial charge is 0.336 e. The molecule has 2 heterocycles. The SMILES string of the molecule is Cc1cc(Sc2nnc(C(C)(C)C)n2N)ncn1. The molecule has 0 unspecified atom stereocenters. The van der Waals surface area contributed by atoms with Crippen molar-refractivity contribution in [3.8, 4) is 0 Å². The summed E-state index contributed by atoms with van der Waals surface area (Å²) in [6, 6.07) is 1.89. The van der Waals surface area contributed by atoms with Crippen LogP contribution in [0.5, 0.6) is 0 Å². The predicted octanol–water partition coefficient (Wildman–Crippen LogP) is 1.54. The molecule has 0 aromatic carbocycles. The topological polar surface area (TPSA) is 82.5 Å². The van der Waals surface area contributed by atoms with Crippen LogP contribution in [-0.2, 0) is 5.41 Å². The van der Waals surface area contributed by atoms with Crippen molar-refractivity contribution in [1.29, 1.82) is 0 Å². The van der Waals surface area contributed by atoms with Gasteiger partial charge in [0, 0.05) is 11.1 Å². The van der Waals surface area contributed by atoms with Crippen molar-refractivity contribution in [2.75, 3.05) is 5.84 Å². The van der Waals surface area contributed by atoms with Gasteiger partial charge < -0.3 is 5.84 Å². The molecule has 0 saturated heterocycles. The standard InChI is InChI=1S/C11H16N6S/c1-7-5-8(14-6-13-7)18-10-16-15-9(17(10)12)11(2,3)4/h5-6H,12H2,1-4H3. The van der Waals surface area contributed by atoms with E-state index in [0.717, 1.165) is 16.5 Å². The third-order valence-corrected chi connectivity index (χ3v) is 3.20. The van der Waals surface area contributed by atoms with Crippen LogP contribution in [0.2, 0.25) is 0 Å². The highest BCUT2D eigenvalue weighted by molar-refractivity contribution is 7.99. The molecule has 2 rings (SSSR count). The molecule has 0 aliphatic carbocycles. The first-order valence-corrected chi connectivity index (χ1v) is 6.37. The smallest absolute Gasteiger partial charge is 0.216 e. The van der Waals surface area contributed by atoms with Gasteiger partial charge in [0.2, 0.25) is 5.16 Å². The Morgan fingerprint density at radius 3 is 2.50 bits per heavy atom. The number of nitrogens with two attached hydrogens (primary N) is 1. The Morgan fingerprint density at radius 2 is 1.94 bits per heavy atom. The van der Waals surface area contributed by atoms with E-state index in [1.165, 1.54) is 22.8 Å². The lowest BCUT2D eigenvalue weighted by Gasteiger charge is -2.16. The third kappa shape index (κ3) is 2.61. The number of rotatable bonds is 2. The average molecular weight is 264 g/mol. The normalized spacial score (nSPS) is 11.8. The zero-order chi connectivity index (χ0) is 13.3. The molecule has 0 bridgehead atoms. The molecule has 18 heavy (non-hydrogen) atoms. The van der Waals surface area contributed by atoms with E-state index in [1.54, 1.807) is 0 Å². The fraction of sp³-hybridized carbons (Fsp3) is 0.455. The van der Waals surface area contributed by atoms with Crippen LogP contribution in [0.25, 0.3) is 0 Å². The number of hydrogen-bond acceptors (Lipinski definition) is 6. The molecule has 7 heteroatoms. The van der Waals surface area contributed by atoms with E-state index < -0.39 is 0 Å². The first-order chi connectivity index (χ1) is 8.38. The van der Waals surface area contributed by atoms with Crippen molar-refractivity contribution in [1.82, 2.24) is 24.8 Å². The summed E-state index contributed by atoms with van der Waals surface area (Å²) < 4.78 is 1.52. The van der Waals surface area contributed by atoms with E-state index in [2.05, 4.69) is 20.2 Å². The van der Waals surface area contributed by atoms with Gasteiger partial charge in [-0.1, -0.05) is 20.8 Å². The van der Waals surface area contributed by atoms with Gasteiger partial charge in [-0.3, -0.25) is 0 Å². The second-order valence-electron chi connectivity index (χ2n) is 5.03. The van der Waals surface area contributed by atoms with Crippen molar-refractivity contribution in [3.63, 3.8) is 0 Å². The fourth-order valence-corrected chi connectivity index (χ4v) is 2.22. The highest BCUT2D eigenvalue weighted by Crippen LogP contribution is 2.27. The maximum atomic E-state index is 6.00. The maximum Gasteiger partial charge on any atom is 0.216 e. The summed E-state index contributed by atoms with van der Waals surface area (Å²) in [4.78, 5) is 8.21. The Hall–Kier alpha value is -1.63. The molecule has 0 atom stereocenters. The molecule has 2 aromatic heterocycles. The molecule has 0 spiro atoms. The monoisotopic (exact) mass is 264 g/mol. The van der Waals surface area contributed by atoms with Gasteiger partial charge >= 0.3 is 0 Å². The molecule has 2 N–H and O–H groups in total. The van der Waals surface area contributed by atoms with Crippen molar-refractivity contribution in [3.05, 3.63) is 23.9 Å². The van der Waals surface area contributed by atoms with Gasteiger partial charge in [0.05, 0.1) is 0 Å². The quantitative estimate of drug-likeness (QED) is 0.654. The number of nitrogens with zero attached hydrogens (tertiary/aromatic N) is 5. The molecular weight excluding hydrogens is 248 g/mol. The number of hydrogen-bond donors (Lipinski definition) is 1. The Bertz CT molecular complexity index is 557. The summed E-state index contributed by atoms with van der Waals surface area (Å²) in [6.07, 6.45) is 1.53. The van der Waals surface area contributed by atoms with Gasteiger partial charge in [-0.2, -0.15) is 0 Å². The van der Waals surface area contributed by atoms with Crippen LogP contribution in [0.3, 0.4) is 0 Å². The summed E-state index contributed by atoms with van der Waals surface area (Å²) in [5, 5.41) is 9.66. The molecule has 96 valence electrons. The Morgan fingerprint density at radius 1 is 1.22 bits per heavy atom. The molecule has 0 aliphatic heterocycles. The first-order valence-electron chi connectivity index (χ1n) is 5.55. The highest BCUT2D eigenvalue weighted by Gasteiger charge is 2.23. The van der Waals surface area contributed by atoms with E-state index in [-0.39, 0.29) is 5.41 Å². The lowest BCUT2D eigenvalue weighted by Crippen LogP contribution is -2.24. The van der Waals surface area contributed by atoms with Crippen LogP contribution in [0.1, 0.15) is 32.3 Å². The van der Waals surface area contributed by atoms with Crippen molar-refractivity contribution in [2.24, 2.45) is 0 Å². The predicted molar refractivity (Wildman–Crippen MR) is 69.8 cm³/mol. The van der Waals surface area contributed by atoms with E-state index in [4.69, 9.17) is 5.84 Å². The van der Waals surface area contributed by atoms with Crippen LogP contribution in [-0.4, -0.2) is 24.8 Å². The van der Waals surface area contributed by atoms with E-state index >= 15 is 0 Å². The molecule has 2 aromatic rings. The summed E-state index contributed by atoms with van der Waals surface area (Å²) in [7, 11) is 0. The van der Waals surface area contributed by atoms with Gasteiger partial charge in [0.25, 0.3) is 0 Å². The molecule has 6 nitrogen and oxygen atoms in total. The minimum atomic E-state index is -0.137. The van der Waals surface area contributed by atoms with Crippen molar-refractivity contribution < 1.29 is 0 Å². The van der Waals surface area contributed by atoms with Crippen molar-refractivity contribution in [2.45, 2.75) is 43.3 Å². The fourth-order valence-electron chi connectivity index (χ4n) is 1.44. The minimum Gasteiger partial charge on any atom is -0.336 e. The lowest BCUT2D eigenvalue weighted by atomic mass is 9.96. The van der Waals surface area contributed by atoms with Crippen LogP contribution in [0, 0.1) is 6.92 Å². The molecule has 0 aliphatic rings. The zero-order valence-electron chi connectivity index (χ0n) is 10.9. The van der Waals surface area contributed by atoms with Crippen LogP contribution in [0.15, 0.2) is 22.6 Å². The van der Waals surface area contributed by atoms with Gasteiger partial charge in [-0.25, -0.2) is 14.6 Å². The van der Waals surface area contributed by atoms with E-state index in [1.807, 2.05) is 33.8 Å². The number of aryl methyl sites for hydroxylation is 1. The van der Waals surface area contributed by atoms with Crippen LogP contribution < -0.4 is 5.84 Å². The Kier molecular flexibility index (Phi) is 3.25. The van der Waals surface area contributed by atoms with Crippen LogP contribution in [0.4, 0.5) is 0 Å².